The summed E-state index contributed by atoms with van der Waals surface area (Å²) in [5.74, 6) is -0.0165. The van der Waals surface area contributed by atoms with Crippen molar-refractivity contribution < 1.29 is 18.7 Å². The molecule has 24 heavy (non-hydrogen) atoms. The van der Waals surface area contributed by atoms with Crippen LogP contribution in [0.25, 0.3) is 11.3 Å². The van der Waals surface area contributed by atoms with Crippen LogP contribution in [-0.4, -0.2) is 35.6 Å². The van der Waals surface area contributed by atoms with Crippen LogP contribution in [0.3, 0.4) is 0 Å². The van der Waals surface area contributed by atoms with E-state index < -0.39 is 0 Å². The van der Waals surface area contributed by atoms with E-state index in [9.17, 15) is 14.3 Å². The Morgan fingerprint density at radius 2 is 2.00 bits per heavy atom. The molecule has 1 aromatic heterocycles. The Morgan fingerprint density at radius 1 is 1.25 bits per heavy atom. The van der Waals surface area contributed by atoms with Crippen LogP contribution >= 0.6 is 0 Å². The Kier molecular flexibility index (Phi) is 5.00. The molecule has 4 nitrogen and oxygen atoms in total. The van der Waals surface area contributed by atoms with Crippen LogP contribution in [0.15, 0.2) is 40.8 Å². The minimum Gasteiger partial charge on any atom is -0.451 e. The van der Waals surface area contributed by atoms with Crippen LogP contribution in [0, 0.1) is 11.7 Å². The molecule has 2 unspecified atom stereocenters. The standard InChI is InChI=1S/C19H22FNO3/c1-21(12-13-6-2-5-9-16(13)22)19(23)18-11-10-17(24-18)14-7-3-4-8-15(14)20/h3-4,7-8,10-11,13,16,22H,2,5-6,9,12H2,1H3. The first-order chi connectivity index (χ1) is 11.6. The summed E-state index contributed by atoms with van der Waals surface area (Å²) < 4.78 is 19.4. The molecule has 0 aliphatic heterocycles. The normalized spacial score (nSPS) is 20.8. The summed E-state index contributed by atoms with van der Waals surface area (Å²) in [5.41, 5.74) is 0.335. The molecule has 1 fully saturated rings. The second-order valence-electron chi connectivity index (χ2n) is 6.44. The third-order valence-corrected chi connectivity index (χ3v) is 4.68. The van der Waals surface area contributed by atoms with E-state index in [4.69, 9.17) is 4.42 Å². The molecule has 2 aromatic rings. The van der Waals surface area contributed by atoms with E-state index >= 15 is 0 Å². The fourth-order valence-electron chi connectivity index (χ4n) is 3.28. The fraction of sp³-hybridized carbons (Fsp3) is 0.421. The molecule has 3 rings (SSSR count). The molecule has 1 aliphatic rings. The average Bonchev–Trinajstić information content (AvgIpc) is 3.06. The van der Waals surface area contributed by atoms with E-state index in [1.54, 1.807) is 42.3 Å². The lowest BCUT2D eigenvalue weighted by Gasteiger charge is -2.30. The monoisotopic (exact) mass is 331 g/mol. The quantitative estimate of drug-likeness (QED) is 0.929. The highest BCUT2D eigenvalue weighted by molar-refractivity contribution is 5.92. The van der Waals surface area contributed by atoms with Crippen LogP contribution in [-0.2, 0) is 0 Å². The number of aliphatic hydroxyl groups excluding tert-OH is 1. The minimum atomic E-state index is -0.385. The smallest absolute Gasteiger partial charge is 0.289 e. The molecular weight excluding hydrogens is 309 g/mol. The highest BCUT2D eigenvalue weighted by atomic mass is 19.1. The summed E-state index contributed by atoms with van der Waals surface area (Å²) in [4.78, 5) is 14.1. The molecule has 0 radical (unpaired) electrons. The molecule has 0 spiro atoms. The number of nitrogens with zero attached hydrogens (tertiary/aromatic N) is 1. The van der Waals surface area contributed by atoms with Crippen molar-refractivity contribution in [2.24, 2.45) is 5.92 Å². The Hall–Kier alpha value is -2.14. The summed E-state index contributed by atoms with van der Waals surface area (Å²) in [5, 5.41) is 10.1. The number of carbonyl (C=O) groups is 1. The summed E-state index contributed by atoms with van der Waals surface area (Å²) >= 11 is 0. The highest BCUT2D eigenvalue weighted by Gasteiger charge is 2.27. The number of benzene rings is 1. The Labute approximate surface area is 140 Å². The van der Waals surface area contributed by atoms with Crippen molar-refractivity contribution >= 4 is 5.91 Å². The minimum absolute atomic E-state index is 0.105. The molecule has 1 amide bonds. The van der Waals surface area contributed by atoms with Crippen molar-refractivity contribution in [3.63, 3.8) is 0 Å². The number of rotatable bonds is 4. The van der Waals surface area contributed by atoms with E-state index in [1.165, 1.54) is 6.07 Å². The van der Waals surface area contributed by atoms with Crippen LogP contribution < -0.4 is 0 Å². The molecule has 5 heteroatoms. The van der Waals surface area contributed by atoms with Gasteiger partial charge in [-0.3, -0.25) is 4.79 Å². The Bertz CT molecular complexity index is 712. The molecule has 0 saturated heterocycles. The number of carbonyl (C=O) groups excluding carboxylic acids is 1. The van der Waals surface area contributed by atoms with Gasteiger partial charge in [0, 0.05) is 19.5 Å². The third-order valence-electron chi connectivity index (χ3n) is 4.68. The van der Waals surface area contributed by atoms with Gasteiger partial charge in [0.15, 0.2) is 5.76 Å². The Morgan fingerprint density at radius 3 is 2.75 bits per heavy atom. The maximum Gasteiger partial charge on any atom is 0.289 e. The molecular formula is C19H22FNO3. The lowest BCUT2D eigenvalue weighted by molar-refractivity contribution is 0.0437. The van der Waals surface area contributed by atoms with Crippen molar-refractivity contribution in [2.75, 3.05) is 13.6 Å². The van der Waals surface area contributed by atoms with E-state index in [-0.39, 0.29) is 29.5 Å². The predicted molar refractivity (Wildman–Crippen MR) is 89.0 cm³/mol. The van der Waals surface area contributed by atoms with Gasteiger partial charge in [0.1, 0.15) is 11.6 Å². The molecule has 2 atom stereocenters. The number of furan rings is 1. The van der Waals surface area contributed by atoms with Crippen molar-refractivity contribution in [3.05, 3.63) is 48.0 Å². The summed E-state index contributed by atoms with van der Waals surface area (Å²) in [6.45, 7) is 0.496. The zero-order valence-electron chi connectivity index (χ0n) is 13.7. The lowest BCUT2D eigenvalue weighted by atomic mass is 9.86. The first-order valence-corrected chi connectivity index (χ1v) is 8.34. The van der Waals surface area contributed by atoms with Gasteiger partial charge in [0.25, 0.3) is 5.91 Å². The number of amides is 1. The number of halogens is 1. The number of hydrogen-bond acceptors (Lipinski definition) is 3. The lowest BCUT2D eigenvalue weighted by Crippen LogP contribution is -2.37. The van der Waals surface area contributed by atoms with E-state index in [0.717, 1.165) is 25.7 Å². The third kappa shape index (κ3) is 3.51. The highest BCUT2D eigenvalue weighted by Crippen LogP contribution is 2.27. The van der Waals surface area contributed by atoms with Crippen LogP contribution in [0.5, 0.6) is 0 Å². The first kappa shape index (κ1) is 16.7. The molecule has 1 aliphatic carbocycles. The average molecular weight is 331 g/mol. The molecule has 1 N–H and O–H groups in total. The van der Waals surface area contributed by atoms with E-state index in [0.29, 0.717) is 17.9 Å². The van der Waals surface area contributed by atoms with Crippen LogP contribution in [0.2, 0.25) is 0 Å². The largest absolute Gasteiger partial charge is 0.451 e. The fourth-order valence-corrected chi connectivity index (χ4v) is 3.28. The summed E-state index contributed by atoms with van der Waals surface area (Å²) in [7, 11) is 1.70. The Balaban J connectivity index is 1.70. The van der Waals surface area contributed by atoms with Crippen molar-refractivity contribution in [1.82, 2.24) is 4.90 Å². The van der Waals surface area contributed by atoms with Gasteiger partial charge in [0.05, 0.1) is 11.7 Å². The predicted octanol–water partition coefficient (Wildman–Crippen LogP) is 3.71. The zero-order valence-corrected chi connectivity index (χ0v) is 13.7. The van der Waals surface area contributed by atoms with Gasteiger partial charge >= 0.3 is 0 Å². The van der Waals surface area contributed by atoms with Gasteiger partial charge in [0.2, 0.25) is 0 Å². The van der Waals surface area contributed by atoms with Gasteiger partial charge in [-0.15, -0.1) is 0 Å². The number of aliphatic hydroxyl groups is 1. The topological polar surface area (TPSA) is 53.7 Å². The van der Waals surface area contributed by atoms with Gasteiger partial charge in [-0.1, -0.05) is 25.0 Å². The first-order valence-electron chi connectivity index (χ1n) is 8.34. The second-order valence-corrected chi connectivity index (χ2v) is 6.44. The van der Waals surface area contributed by atoms with Crippen LogP contribution in [0.4, 0.5) is 4.39 Å². The van der Waals surface area contributed by atoms with Crippen LogP contribution in [0.1, 0.15) is 36.2 Å². The number of hydrogen-bond donors (Lipinski definition) is 1. The molecule has 1 aromatic carbocycles. The van der Waals surface area contributed by atoms with Gasteiger partial charge < -0.3 is 14.4 Å². The van der Waals surface area contributed by atoms with Gasteiger partial charge in [-0.25, -0.2) is 4.39 Å². The molecule has 0 bridgehead atoms. The summed E-state index contributed by atoms with van der Waals surface area (Å²) in [6, 6.07) is 9.48. The second kappa shape index (κ2) is 7.18. The molecule has 1 saturated carbocycles. The SMILES string of the molecule is CN(CC1CCCCC1O)C(=O)c1ccc(-c2ccccc2F)o1. The molecule has 1 heterocycles. The van der Waals surface area contributed by atoms with E-state index in [2.05, 4.69) is 0 Å². The van der Waals surface area contributed by atoms with E-state index in [1.807, 2.05) is 0 Å². The van der Waals surface area contributed by atoms with Gasteiger partial charge in [-0.2, -0.15) is 0 Å². The summed E-state index contributed by atoms with van der Waals surface area (Å²) in [6.07, 6.45) is 3.50. The van der Waals surface area contributed by atoms with Gasteiger partial charge in [-0.05, 0) is 37.1 Å². The van der Waals surface area contributed by atoms with Crippen molar-refractivity contribution in [1.29, 1.82) is 0 Å². The van der Waals surface area contributed by atoms with Crippen molar-refractivity contribution in [3.8, 4) is 11.3 Å². The maximum absolute atomic E-state index is 13.8. The zero-order chi connectivity index (χ0) is 17.1. The molecule has 128 valence electrons. The maximum atomic E-state index is 13.8. The van der Waals surface area contributed by atoms with Crippen molar-refractivity contribution in [2.45, 2.75) is 31.8 Å².